The summed E-state index contributed by atoms with van der Waals surface area (Å²) >= 11 is 0. The molecule has 0 saturated carbocycles. The predicted molar refractivity (Wildman–Crippen MR) is 69.0 cm³/mol. The summed E-state index contributed by atoms with van der Waals surface area (Å²) in [5.74, 6) is 0.762. The molecule has 1 aromatic carbocycles. The molecule has 0 N–H and O–H groups in total. The first kappa shape index (κ1) is 12.4. The van der Waals surface area contributed by atoms with Crippen molar-refractivity contribution in [2.45, 2.75) is 12.8 Å². The van der Waals surface area contributed by atoms with Gasteiger partial charge in [-0.25, -0.2) is 4.98 Å². The molecular formula is C14H16N2O2. The maximum atomic E-state index is 11.0. The highest BCUT2D eigenvalue weighted by molar-refractivity contribution is 5.69. The fourth-order valence-electron chi connectivity index (χ4n) is 1.81. The number of aryl methyl sites for hydroxylation is 2. The molecule has 0 fully saturated rings. The van der Waals surface area contributed by atoms with Crippen molar-refractivity contribution in [2.24, 2.45) is 7.05 Å². The largest absolute Gasteiger partial charge is 0.469 e. The Kier molecular flexibility index (Phi) is 3.77. The third kappa shape index (κ3) is 2.77. The van der Waals surface area contributed by atoms with Crippen LogP contribution in [-0.2, 0) is 23.0 Å². The van der Waals surface area contributed by atoms with E-state index in [4.69, 9.17) is 0 Å². The average Bonchev–Trinajstić information content (AvgIpc) is 2.83. The number of benzene rings is 1. The molecule has 0 aliphatic rings. The molecule has 4 heteroatoms. The van der Waals surface area contributed by atoms with E-state index in [0.717, 1.165) is 17.0 Å². The molecule has 1 heterocycles. The van der Waals surface area contributed by atoms with Crippen LogP contribution in [0.5, 0.6) is 0 Å². The van der Waals surface area contributed by atoms with E-state index < -0.39 is 0 Å². The number of carbonyl (C=O) groups is 1. The van der Waals surface area contributed by atoms with Crippen LogP contribution in [0.4, 0.5) is 0 Å². The highest BCUT2D eigenvalue weighted by Gasteiger charge is 2.04. The van der Waals surface area contributed by atoms with Gasteiger partial charge in [-0.15, -0.1) is 0 Å². The van der Waals surface area contributed by atoms with Gasteiger partial charge in [0.2, 0.25) is 0 Å². The van der Waals surface area contributed by atoms with Crippen molar-refractivity contribution < 1.29 is 9.53 Å². The SMILES string of the molecule is COC(=O)CCc1ccc(-c2nccn2C)cc1. The zero-order valence-electron chi connectivity index (χ0n) is 10.6. The lowest BCUT2D eigenvalue weighted by molar-refractivity contribution is -0.140. The fraction of sp³-hybridized carbons (Fsp3) is 0.286. The smallest absolute Gasteiger partial charge is 0.305 e. The molecule has 0 atom stereocenters. The Morgan fingerprint density at radius 3 is 2.61 bits per heavy atom. The Morgan fingerprint density at radius 2 is 2.06 bits per heavy atom. The lowest BCUT2D eigenvalue weighted by atomic mass is 10.1. The van der Waals surface area contributed by atoms with Gasteiger partial charge in [0, 0.05) is 31.4 Å². The van der Waals surface area contributed by atoms with Gasteiger partial charge < -0.3 is 9.30 Å². The quantitative estimate of drug-likeness (QED) is 0.774. The predicted octanol–water partition coefficient (Wildman–Crippen LogP) is 2.19. The van der Waals surface area contributed by atoms with Gasteiger partial charge in [0.15, 0.2) is 0 Å². The van der Waals surface area contributed by atoms with E-state index in [2.05, 4.69) is 9.72 Å². The summed E-state index contributed by atoms with van der Waals surface area (Å²) in [4.78, 5) is 15.3. The number of carbonyl (C=O) groups excluding carboxylic acids is 1. The number of methoxy groups -OCH3 is 1. The minimum atomic E-state index is -0.178. The second-order valence-electron chi connectivity index (χ2n) is 4.13. The summed E-state index contributed by atoms with van der Waals surface area (Å²) in [5.41, 5.74) is 2.20. The number of aromatic nitrogens is 2. The van der Waals surface area contributed by atoms with Crippen LogP contribution >= 0.6 is 0 Å². The molecule has 0 saturated heterocycles. The van der Waals surface area contributed by atoms with Crippen LogP contribution in [0.15, 0.2) is 36.7 Å². The standard InChI is InChI=1S/C14H16N2O2/c1-16-10-9-15-14(16)12-6-3-11(4-7-12)5-8-13(17)18-2/h3-4,6-7,9-10H,5,8H2,1-2H3. The molecule has 0 aliphatic carbocycles. The molecule has 0 bridgehead atoms. The Bertz CT molecular complexity index is 529. The minimum Gasteiger partial charge on any atom is -0.469 e. The summed E-state index contributed by atoms with van der Waals surface area (Å²) in [5, 5.41) is 0. The second kappa shape index (κ2) is 5.49. The second-order valence-corrected chi connectivity index (χ2v) is 4.13. The van der Waals surface area contributed by atoms with Crippen molar-refractivity contribution >= 4 is 5.97 Å². The van der Waals surface area contributed by atoms with E-state index >= 15 is 0 Å². The van der Waals surface area contributed by atoms with Gasteiger partial charge in [0.1, 0.15) is 5.82 Å². The van der Waals surface area contributed by atoms with Gasteiger partial charge in [-0.2, -0.15) is 0 Å². The van der Waals surface area contributed by atoms with E-state index in [1.54, 1.807) is 6.20 Å². The highest BCUT2D eigenvalue weighted by atomic mass is 16.5. The molecule has 0 spiro atoms. The maximum absolute atomic E-state index is 11.0. The lowest BCUT2D eigenvalue weighted by Crippen LogP contribution is -2.01. The van der Waals surface area contributed by atoms with Crippen molar-refractivity contribution in [3.63, 3.8) is 0 Å². The van der Waals surface area contributed by atoms with Gasteiger partial charge >= 0.3 is 5.97 Å². The van der Waals surface area contributed by atoms with Crippen LogP contribution in [0.25, 0.3) is 11.4 Å². The number of ether oxygens (including phenoxy) is 1. The number of imidazole rings is 1. The normalized spacial score (nSPS) is 10.3. The topological polar surface area (TPSA) is 44.1 Å². The Balaban J connectivity index is 2.06. The molecule has 0 unspecified atom stereocenters. The van der Waals surface area contributed by atoms with E-state index in [0.29, 0.717) is 12.8 Å². The molecule has 1 aromatic heterocycles. The Hall–Kier alpha value is -2.10. The Labute approximate surface area is 106 Å². The van der Waals surface area contributed by atoms with E-state index in [1.807, 2.05) is 42.1 Å². The monoisotopic (exact) mass is 244 g/mol. The number of rotatable bonds is 4. The van der Waals surface area contributed by atoms with E-state index in [1.165, 1.54) is 7.11 Å². The first-order valence-electron chi connectivity index (χ1n) is 5.84. The Morgan fingerprint density at radius 1 is 1.33 bits per heavy atom. The van der Waals surface area contributed by atoms with Gasteiger partial charge in [-0.3, -0.25) is 4.79 Å². The summed E-state index contributed by atoms with van der Waals surface area (Å²) < 4.78 is 6.59. The van der Waals surface area contributed by atoms with Crippen LogP contribution in [0.2, 0.25) is 0 Å². The van der Waals surface area contributed by atoms with Crippen LogP contribution in [0.1, 0.15) is 12.0 Å². The minimum absolute atomic E-state index is 0.178. The van der Waals surface area contributed by atoms with Crippen molar-refractivity contribution in [3.8, 4) is 11.4 Å². The van der Waals surface area contributed by atoms with Crippen molar-refractivity contribution in [2.75, 3.05) is 7.11 Å². The summed E-state index contributed by atoms with van der Waals surface area (Å²) in [6.45, 7) is 0. The molecular weight excluding hydrogens is 228 g/mol. The molecule has 0 aliphatic heterocycles. The van der Waals surface area contributed by atoms with E-state index in [-0.39, 0.29) is 5.97 Å². The summed E-state index contributed by atoms with van der Waals surface area (Å²) in [7, 11) is 3.38. The van der Waals surface area contributed by atoms with E-state index in [9.17, 15) is 4.79 Å². The fourth-order valence-corrected chi connectivity index (χ4v) is 1.81. The summed E-state index contributed by atoms with van der Waals surface area (Å²) in [6.07, 6.45) is 4.81. The molecule has 0 amide bonds. The molecule has 4 nitrogen and oxygen atoms in total. The third-order valence-corrected chi connectivity index (χ3v) is 2.88. The first-order valence-corrected chi connectivity index (χ1v) is 5.84. The highest BCUT2D eigenvalue weighted by Crippen LogP contribution is 2.17. The average molecular weight is 244 g/mol. The van der Waals surface area contributed by atoms with Gasteiger partial charge in [-0.1, -0.05) is 24.3 Å². The lowest BCUT2D eigenvalue weighted by Gasteiger charge is -2.04. The summed E-state index contributed by atoms with van der Waals surface area (Å²) in [6, 6.07) is 8.09. The van der Waals surface area contributed by atoms with Crippen LogP contribution in [0.3, 0.4) is 0 Å². The molecule has 0 radical (unpaired) electrons. The number of hydrogen-bond donors (Lipinski definition) is 0. The van der Waals surface area contributed by atoms with Gasteiger partial charge in [0.05, 0.1) is 7.11 Å². The number of nitrogens with zero attached hydrogens (tertiary/aromatic N) is 2. The van der Waals surface area contributed by atoms with Crippen molar-refractivity contribution in [1.29, 1.82) is 0 Å². The number of hydrogen-bond acceptors (Lipinski definition) is 3. The van der Waals surface area contributed by atoms with Crippen LogP contribution in [0, 0.1) is 0 Å². The van der Waals surface area contributed by atoms with Crippen LogP contribution in [-0.4, -0.2) is 22.6 Å². The zero-order valence-corrected chi connectivity index (χ0v) is 10.6. The van der Waals surface area contributed by atoms with Crippen LogP contribution < -0.4 is 0 Å². The maximum Gasteiger partial charge on any atom is 0.305 e. The molecule has 94 valence electrons. The first-order chi connectivity index (χ1) is 8.70. The van der Waals surface area contributed by atoms with Gasteiger partial charge in [0.25, 0.3) is 0 Å². The zero-order chi connectivity index (χ0) is 13.0. The van der Waals surface area contributed by atoms with Crippen molar-refractivity contribution in [3.05, 3.63) is 42.2 Å². The molecule has 2 aromatic rings. The van der Waals surface area contributed by atoms with Crippen molar-refractivity contribution in [1.82, 2.24) is 9.55 Å². The number of esters is 1. The van der Waals surface area contributed by atoms with Gasteiger partial charge in [-0.05, 0) is 12.0 Å². The third-order valence-electron chi connectivity index (χ3n) is 2.88. The molecule has 2 rings (SSSR count). The molecule has 18 heavy (non-hydrogen) atoms.